The van der Waals surface area contributed by atoms with Gasteiger partial charge in [-0.25, -0.2) is 19.7 Å². The molecule has 3 aromatic heterocycles. The minimum Gasteiger partial charge on any atom is -0.482 e. The van der Waals surface area contributed by atoms with E-state index in [1.54, 1.807) is 67.0 Å². The maximum absolute atomic E-state index is 11.5. The molecule has 0 radical (unpaired) electrons. The van der Waals surface area contributed by atoms with Crippen LogP contribution >= 0.6 is 62.3 Å². The molecular weight excluding hydrogens is 848 g/mol. The van der Waals surface area contributed by atoms with Crippen LogP contribution in [0.1, 0.15) is 40.1 Å². The van der Waals surface area contributed by atoms with Crippen LogP contribution in [0, 0.1) is 0 Å². The number of rotatable bonds is 12. The van der Waals surface area contributed by atoms with Crippen molar-refractivity contribution in [3.63, 3.8) is 0 Å². The largest absolute Gasteiger partial charge is 0.482 e. The molecule has 8 rings (SSSR count). The first-order chi connectivity index (χ1) is 26.1. The average molecular weight is 878 g/mol. The van der Waals surface area contributed by atoms with E-state index in [1.807, 2.05) is 0 Å². The third-order valence-electron chi connectivity index (χ3n) is 8.49. The molecule has 2 aliphatic rings. The second-order valence-electron chi connectivity index (χ2n) is 12.2. The second-order valence-corrected chi connectivity index (χ2v) is 14.7. The summed E-state index contributed by atoms with van der Waals surface area (Å²) in [4.78, 5) is 26.9. The van der Waals surface area contributed by atoms with E-state index in [0.717, 1.165) is 42.0 Å². The molecule has 3 aromatic carbocycles. The Hall–Kier alpha value is -4.08. The predicted octanol–water partition coefficient (Wildman–Crippen LogP) is 9.62. The Morgan fingerprint density at radius 3 is 2.17 bits per heavy atom. The lowest BCUT2D eigenvalue weighted by atomic mass is 10.1. The number of oxazole rings is 2. The molecule has 2 aliphatic heterocycles. The van der Waals surface area contributed by atoms with Gasteiger partial charge in [0.2, 0.25) is 11.8 Å². The molecule has 12 nitrogen and oxygen atoms in total. The molecule has 1 saturated heterocycles. The summed E-state index contributed by atoms with van der Waals surface area (Å²) >= 11 is 27.0. The number of carboxylic acids is 1. The number of imidazole rings is 1. The monoisotopic (exact) mass is 875 g/mol. The highest BCUT2D eigenvalue weighted by Crippen LogP contribution is 2.31. The van der Waals surface area contributed by atoms with Gasteiger partial charge in [0.1, 0.15) is 17.3 Å². The van der Waals surface area contributed by atoms with Gasteiger partial charge < -0.3 is 32.7 Å². The number of carboxylic acid groups (broad SMARTS) is 1. The summed E-state index contributed by atoms with van der Waals surface area (Å²) in [6.07, 6.45) is 6.47. The number of hydrogen-bond donors (Lipinski definition) is 1. The first kappa shape index (κ1) is 38.2. The number of fused-ring (bicyclic) bond motifs is 1. The highest BCUT2D eigenvalue weighted by molar-refractivity contribution is 9.10. The van der Waals surface area contributed by atoms with Crippen LogP contribution in [0.15, 0.2) is 86.6 Å². The highest BCUT2D eigenvalue weighted by Gasteiger charge is 2.25. The Morgan fingerprint density at radius 1 is 0.907 bits per heavy atom. The molecule has 0 bridgehead atoms. The SMILES string of the molecule is Clc1ccc(OCc2ncc(Br)o2)c(Cl)c1.O=C(O)c1ccc2nc(CN3CC=C(c4cnc(COc5ccc(Cl)cc5Cl)o4)C3)n(C[C@@H]3CCO3)c2c1. The molecule has 54 heavy (non-hydrogen) atoms. The summed E-state index contributed by atoms with van der Waals surface area (Å²) in [5.74, 6) is 2.57. The number of aromatic nitrogens is 4. The van der Waals surface area contributed by atoms with Gasteiger partial charge in [-0.05, 0) is 76.9 Å². The quantitative estimate of drug-likeness (QED) is 0.126. The summed E-state index contributed by atoms with van der Waals surface area (Å²) in [7, 11) is 0. The van der Waals surface area contributed by atoms with Gasteiger partial charge >= 0.3 is 5.97 Å². The van der Waals surface area contributed by atoms with E-state index in [-0.39, 0.29) is 24.9 Å². The van der Waals surface area contributed by atoms with Crippen molar-refractivity contribution < 1.29 is 32.9 Å². The van der Waals surface area contributed by atoms with Gasteiger partial charge in [0.15, 0.2) is 23.6 Å². The number of benzene rings is 3. The smallest absolute Gasteiger partial charge is 0.335 e. The van der Waals surface area contributed by atoms with Crippen molar-refractivity contribution in [1.82, 2.24) is 24.4 Å². The maximum atomic E-state index is 11.5. The third-order valence-corrected chi connectivity index (χ3v) is 9.92. The molecule has 1 atom stereocenters. The summed E-state index contributed by atoms with van der Waals surface area (Å²) in [6, 6.07) is 15.1. The average Bonchev–Trinajstić information content (AvgIpc) is 3.93. The predicted molar refractivity (Wildman–Crippen MR) is 207 cm³/mol. The highest BCUT2D eigenvalue weighted by atomic mass is 79.9. The van der Waals surface area contributed by atoms with Gasteiger partial charge in [-0.3, -0.25) is 4.90 Å². The van der Waals surface area contributed by atoms with E-state index >= 15 is 0 Å². The zero-order valence-electron chi connectivity index (χ0n) is 28.2. The molecule has 0 spiro atoms. The number of halogens is 5. The standard InChI is InChI=1S/C27H24Cl2N4O5.C10H6BrCl2NO2/c28-18-2-4-23(20(29)10-18)37-15-26-30-11-24(38-26)17-5-7-32(12-17)14-25-31-21-3-1-16(27(34)35)9-22(21)33(25)13-19-6-8-36-19;11-9-4-14-10(16-9)5-15-8-2-1-6(12)3-7(8)13/h1-5,9-11,19H,6-8,12-15H2,(H,34,35);1-4H,5H2/t19-;/m0./s1. The van der Waals surface area contributed by atoms with E-state index in [0.29, 0.717) is 73.4 Å². The van der Waals surface area contributed by atoms with Gasteiger partial charge in [-0.2, -0.15) is 0 Å². The molecule has 280 valence electrons. The first-order valence-corrected chi connectivity index (χ1v) is 18.8. The Bertz CT molecular complexity index is 2320. The maximum Gasteiger partial charge on any atom is 0.335 e. The summed E-state index contributed by atoms with van der Waals surface area (Å²) in [5, 5.41) is 11.4. The summed E-state index contributed by atoms with van der Waals surface area (Å²) < 4.78 is 30.6. The summed E-state index contributed by atoms with van der Waals surface area (Å²) in [6.45, 7) is 3.75. The number of nitrogens with zero attached hydrogens (tertiary/aromatic N) is 5. The molecule has 1 N–H and O–H groups in total. The van der Waals surface area contributed by atoms with E-state index in [4.69, 9.17) is 74.4 Å². The Morgan fingerprint density at radius 2 is 1.57 bits per heavy atom. The van der Waals surface area contributed by atoms with Crippen molar-refractivity contribution in [1.29, 1.82) is 0 Å². The van der Waals surface area contributed by atoms with E-state index in [1.165, 1.54) is 0 Å². The van der Waals surface area contributed by atoms with Crippen molar-refractivity contribution in [3.05, 3.63) is 127 Å². The Kier molecular flexibility index (Phi) is 12.1. The molecule has 6 aromatic rings. The number of hydrogen-bond acceptors (Lipinski definition) is 10. The van der Waals surface area contributed by atoms with E-state index < -0.39 is 5.97 Å². The molecule has 0 amide bonds. The number of aromatic carboxylic acids is 1. The molecule has 0 unspecified atom stereocenters. The topological polar surface area (TPSA) is 138 Å². The molecule has 0 saturated carbocycles. The van der Waals surface area contributed by atoms with Crippen molar-refractivity contribution in [2.24, 2.45) is 0 Å². The van der Waals surface area contributed by atoms with Crippen molar-refractivity contribution in [2.75, 3.05) is 19.7 Å². The van der Waals surface area contributed by atoms with Gasteiger partial charge in [0, 0.05) is 35.3 Å². The van der Waals surface area contributed by atoms with Gasteiger partial charge in [-0.1, -0.05) is 52.5 Å². The van der Waals surface area contributed by atoms with Crippen LogP contribution in [0.2, 0.25) is 20.1 Å². The Labute approximate surface area is 337 Å². The zero-order valence-corrected chi connectivity index (χ0v) is 32.8. The van der Waals surface area contributed by atoms with Gasteiger partial charge in [0.05, 0.1) is 58.2 Å². The van der Waals surface area contributed by atoms with Crippen LogP contribution in [0.3, 0.4) is 0 Å². The zero-order chi connectivity index (χ0) is 37.8. The third kappa shape index (κ3) is 9.40. The molecule has 17 heteroatoms. The van der Waals surface area contributed by atoms with Crippen LogP contribution in [0.4, 0.5) is 0 Å². The van der Waals surface area contributed by atoms with Gasteiger partial charge in [0.25, 0.3) is 0 Å². The van der Waals surface area contributed by atoms with Crippen LogP contribution in [-0.2, 0) is 31.0 Å². The summed E-state index contributed by atoms with van der Waals surface area (Å²) in [5.41, 5.74) is 2.86. The van der Waals surface area contributed by atoms with Crippen LogP contribution in [0.5, 0.6) is 11.5 Å². The molecular formula is C37H30BrCl4N5O7. The number of ether oxygens (including phenoxy) is 3. The van der Waals surface area contributed by atoms with Crippen LogP contribution in [-0.4, -0.2) is 61.3 Å². The normalized spacial score (nSPS) is 15.4. The number of carbonyl (C=O) groups is 1. The second kappa shape index (κ2) is 17.2. The van der Waals surface area contributed by atoms with Crippen LogP contribution < -0.4 is 9.47 Å². The lowest BCUT2D eigenvalue weighted by Crippen LogP contribution is -2.32. The lowest BCUT2D eigenvalue weighted by molar-refractivity contribution is -0.0591. The van der Waals surface area contributed by atoms with E-state index in [2.05, 4.69) is 41.4 Å². The first-order valence-electron chi connectivity index (χ1n) is 16.5. The lowest BCUT2D eigenvalue weighted by Gasteiger charge is -2.28. The van der Waals surface area contributed by atoms with Crippen molar-refractivity contribution in [3.8, 4) is 11.5 Å². The molecule has 0 aliphatic carbocycles. The fourth-order valence-corrected chi connectivity index (χ4v) is 6.93. The van der Waals surface area contributed by atoms with Crippen molar-refractivity contribution >= 4 is 84.9 Å². The van der Waals surface area contributed by atoms with E-state index in [9.17, 15) is 9.90 Å². The van der Waals surface area contributed by atoms with Gasteiger partial charge in [-0.15, -0.1) is 0 Å². The molecule has 5 heterocycles. The minimum absolute atomic E-state index is 0.115. The molecule has 1 fully saturated rings. The Balaban J connectivity index is 0.000000235. The fourth-order valence-electron chi connectivity index (χ4n) is 5.71. The minimum atomic E-state index is -0.956. The fraction of sp³-hybridized carbons (Fsp3) is 0.243. The van der Waals surface area contributed by atoms with Crippen LogP contribution in [0.25, 0.3) is 16.6 Å². The van der Waals surface area contributed by atoms with Crippen molar-refractivity contribution in [2.45, 2.75) is 38.8 Å².